The highest BCUT2D eigenvalue weighted by Gasteiger charge is 2.16. The number of methoxy groups -OCH3 is 1. The quantitative estimate of drug-likeness (QED) is 0.617. The Balaban J connectivity index is 1.35. The minimum atomic E-state index is -0.175. The molecule has 7 heteroatoms. The van der Waals surface area contributed by atoms with E-state index in [1.807, 2.05) is 59.9 Å². The number of amides is 1. The average molecular weight is 420 g/mol. The number of ether oxygens (including phenoxy) is 3. The molecule has 28 heavy (non-hydrogen) atoms. The monoisotopic (exact) mass is 419 g/mol. The van der Waals surface area contributed by atoms with Crippen molar-refractivity contribution < 1.29 is 19.0 Å². The summed E-state index contributed by atoms with van der Waals surface area (Å²) in [7, 11) is 1.60. The summed E-state index contributed by atoms with van der Waals surface area (Å²) in [6.45, 7) is 0.744. The summed E-state index contributed by atoms with van der Waals surface area (Å²) in [5.74, 6) is 4.30. The summed E-state index contributed by atoms with van der Waals surface area (Å²) in [6, 6.07) is 15.5. The van der Waals surface area contributed by atoms with E-state index >= 15 is 0 Å². The van der Waals surface area contributed by atoms with Crippen LogP contribution in [0.4, 0.5) is 0 Å². The Kier molecular flexibility index (Phi) is 8.23. The van der Waals surface area contributed by atoms with Crippen molar-refractivity contribution in [2.24, 2.45) is 0 Å². The van der Waals surface area contributed by atoms with Gasteiger partial charge in [0.1, 0.15) is 12.4 Å². The van der Waals surface area contributed by atoms with Gasteiger partial charge in [-0.3, -0.25) is 4.79 Å². The van der Waals surface area contributed by atoms with Crippen molar-refractivity contribution in [3.63, 3.8) is 0 Å². The number of thioether (sulfide) groups is 2. The lowest BCUT2D eigenvalue weighted by atomic mass is 10.2. The Morgan fingerprint density at radius 1 is 1.04 bits per heavy atom. The van der Waals surface area contributed by atoms with Crippen molar-refractivity contribution in [3.05, 3.63) is 54.1 Å². The van der Waals surface area contributed by atoms with Crippen LogP contribution in [0.1, 0.15) is 16.6 Å². The molecule has 0 atom stereocenters. The van der Waals surface area contributed by atoms with E-state index in [0.717, 1.165) is 0 Å². The lowest BCUT2D eigenvalue weighted by Crippen LogP contribution is -2.32. The summed E-state index contributed by atoms with van der Waals surface area (Å²) in [5, 5.41) is 2.79. The van der Waals surface area contributed by atoms with Crippen LogP contribution in [0, 0.1) is 0 Å². The molecule has 2 aromatic carbocycles. The highest BCUT2D eigenvalue weighted by Crippen LogP contribution is 2.43. The van der Waals surface area contributed by atoms with Crippen LogP contribution >= 0.6 is 23.5 Å². The van der Waals surface area contributed by atoms with Gasteiger partial charge in [0.15, 0.2) is 18.1 Å². The fourth-order valence-corrected chi connectivity index (χ4v) is 5.59. The Bertz CT molecular complexity index is 748. The first kappa shape index (κ1) is 20.7. The molecular weight excluding hydrogens is 394 g/mol. The maximum absolute atomic E-state index is 11.9. The fraction of sp³-hybridized carbons (Fsp3) is 0.381. The molecule has 2 aromatic rings. The van der Waals surface area contributed by atoms with Crippen molar-refractivity contribution in [2.75, 3.05) is 38.4 Å². The van der Waals surface area contributed by atoms with Gasteiger partial charge in [0.05, 0.1) is 18.2 Å². The standard InChI is InChI=1S/C21H25NO4S2/c1-24-18-5-2-3-6-19(18)25-12-11-22-20(23)15-26-17-9-7-16(8-10-17)21-27-13-4-14-28-21/h2-3,5-10,21H,4,11-15H2,1H3,(H,22,23). The minimum Gasteiger partial charge on any atom is -0.493 e. The first-order valence-corrected chi connectivity index (χ1v) is 11.3. The lowest BCUT2D eigenvalue weighted by Gasteiger charge is -2.21. The third-order valence-electron chi connectivity index (χ3n) is 4.10. The summed E-state index contributed by atoms with van der Waals surface area (Å²) < 4.78 is 16.9. The molecule has 0 aromatic heterocycles. The van der Waals surface area contributed by atoms with E-state index in [4.69, 9.17) is 14.2 Å². The van der Waals surface area contributed by atoms with Gasteiger partial charge in [-0.25, -0.2) is 0 Å². The number of benzene rings is 2. The maximum atomic E-state index is 11.9. The third kappa shape index (κ3) is 6.27. The second kappa shape index (κ2) is 11.1. The van der Waals surface area contributed by atoms with Crippen molar-refractivity contribution in [2.45, 2.75) is 11.0 Å². The molecule has 0 saturated carbocycles. The van der Waals surface area contributed by atoms with Gasteiger partial charge in [-0.05, 0) is 47.8 Å². The molecule has 1 fully saturated rings. The van der Waals surface area contributed by atoms with Crippen LogP contribution in [0.5, 0.6) is 17.2 Å². The minimum absolute atomic E-state index is 0.0130. The molecule has 0 aliphatic carbocycles. The van der Waals surface area contributed by atoms with Crippen LogP contribution in [-0.4, -0.2) is 44.3 Å². The van der Waals surface area contributed by atoms with Gasteiger partial charge in [-0.1, -0.05) is 24.3 Å². The molecule has 5 nitrogen and oxygen atoms in total. The molecule has 150 valence electrons. The van der Waals surface area contributed by atoms with E-state index in [-0.39, 0.29) is 12.5 Å². The third-order valence-corrected chi connectivity index (χ3v) is 7.12. The highest BCUT2D eigenvalue weighted by molar-refractivity contribution is 8.16. The summed E-state index contributed by atoms with van der Waals surface area (Å²) in [6.07, 6.45) is 1.28. The molecule has 0 radical (unpaired) electrons. The Labute approximate surface area is 174 Å². The summed E-state index contributed by atoms with van der Waals surface area (Å²) in [4.78, 5) is 11.9. The van der Waals surface area contributed by atoms with Crippen LogP contribution in [0.15, 0.2) is 48.5 Å². The van der Waals surface area contributed by atoms with E-state index in [1.54, 1.807) is 7.11 Å². The zero-order chi connectivity index (χ0) is 19.6. The van der Waals surface area contributed by atoms with Crippen molar-refractivity contribution in [1.82, 2.24) is 5.32 Å². The molecule has 1 heterocycles. The van der Waals surface area contributed by atoms with Crippen LogP contribution in [0.25, 0.3) is 0 Å². The highest BCUT2D eigenvalue weighted by atomic mass is 32.2. The number of para-hydroxylation sites is 2. The maximum Gasteiger partial charge on any atom is 0.258 e. The molecule has 3 rings (SSSR count). The molecule has 0 spiro atoms. The molecule has 1 aliphatic rings. The largest absolute Gasteiger partial charge is 0.493 e. The topological polar surface area (TPSA) is 56.8 Å². The van der Waals surface area contributed by atoms with Gasteiger partial charge >= 0.3 is 0 Å². The zero-order valence-electron chi connectivity index (χ0n) is 15.9. The smallest absolute Gasteiger partial charge is 0.258 e. The number of hydrogen-bond donors (Lipinski definition) is 1. The molecule has 1 aliphatic heterocycles. The Hall–Kier alpha value is -1.99. The second-order valence-electron chi connectivity index (χ2n) is 6.13. The van der Waals surface area contributed by atoms with Crippen LogP contribution < -0.4 is 19.5 Å². The van der Waals surface area contributed by atoms with Gasteiger partial charge in [-0.2, -0.15) is 0 Å². The Morgan fingerprint density at radius 2 is 1.75 bits per heavy atom. The van der Waals surface area contributed by atoms with Gasteiger partial charge < -0.3 is 19.5 Å². The summed E-state index contributed by atoms with van der Waals surface area (Å²) in [5.41, 5.74) is 1.31. The van der Waals surface area contributed by atoms with Crippen molar-refractivity contribution in [3.8, 4) is 17.2 Å². The van der Waals surface area contributed by atoms with E-state index in [1.165, 1.54) is 23.5 Å². The van der Waals surface area contributed by atoms with E-state index in [2.05, 4.69) is 17.4 Å². The van der Waals surface area contributed by atoms with Gasteiger partial charge in [0.25, 0.3) is 5.91 Å². The average Bonchev–Trinajstić information content (AvgIpc) is 2.76. The fourth-order valence-electron chi connectivity index (χ4n) is 2.69. The normalized spacial score (nSPS) is 14.3. The number of nitrogens with one attached hydrogen (secondary N) is 1. The number of carbonyl (C=O) groups excluding carboxylic acids is 1. The Morgan fingerprint density at radius 3 is 2.46 bits per heavy atom. The first-order valence-electron chi connectivity index (χ1n) is 9.25. The van der Waals surface area contributed by atoms with Crippen LogP contribution in [0.2, 0.25) is 0 Å². The van der Waals surface area contributed by atoms with Crippen molar-refractivity contribution >= 4 is 29.4 Å². The SMILES string of the molecule is COc1ccccc1OCCNC(=O)COc1ccc(C2SCCCS2)cc1. The zero-order valence-corrected chi connectivity index (χ0v) is 17.5. The van der Waals surface area contributed by atoms with E-state index in [9.17, 15) is 4.79 Å². The summed E-state index contributed by atoms with van der Waals surface area (Å²) >= 11 is 3.98. The second-order valence-corrected chi connectivity index (χ2v) is 8.86. The first-order chi connectivity index (χ1) is 13.8. The molecular formula is C21H25NO4S2. The van der Waals surface area contributed by atoms with Gasteiger partial charge in [0.2, 0.25) is 0 Å². The molecule has 1 N–H and O–H groups in total. The number of carbonyl (C=O) groups is 1. The van der Waals surface area contributed by atoms with Crippen LogP contribution in [-0.2, 0) is 4.79 Å². The lowest BCUT2D eigenvalue weighted by molar-refractivity contribution is -0.123. The predicted octanol–water partition coefficient (Wildman–Crippen LogP) is 4.14. The molecule has 1 amide bonds. The van der Waals surface area contributed by atoms with Crippen molar-refractivity contribution in [1.29, 1.82) is 0 Å². The number of rotatable bonds is 9. The van der Waals surface area contributed by atoms with Gasteiger partial charge in [0, 0.05) is 0 Å². The number of hydrogen-bond acceptors (Lipinski definition) is 6. The molecule has 0 unspecified atom stereocenters. The van der Waals surface area contributed by atoms with Crippen LogP contribution in [0.3, 0.4) is 0 Å². The molecule has 1 saturated heterocycles. The molecule has 0 bridgehead atoms. The van der Waals surface area contributed by atoms with E-state index < -0.39 is 0 Å². The van der Waals surface area contributed by atoms with Gasteiger partial charge in [-0.15, -0.1) is 23.5 Å². The predicted molar refractivity (Wildman–Crippen MR) is 116 cm³/mol. The van der Waals surface area contributed by atoms with E-state index in [0.29, 0.717) is 35.0 Å².